The average Bonchev–Trinajstić information content (AvgIpc) is 2.45. The number of rotatable bonds is 4. The number of carboxylic acid groups (broad SMARTS) is 1. The van der Waals surface area contributed by atoms with Gasteiger partial charge in [0, 0.05) is 0 Å². The summed E-state index contributed by atoms with van der Waals surface area (Å²) < 4.78 is 5.38. The van der Waals surface area contributed by atoms with Crippen molar-refractivity contribution in [2.24, 2.45) is 5.73 Å². The Kier molecular flexibility index (Phi) is 4.24. The number of para-hydroxylation sites is 2. The van der Waals surface area contributed by atoms with E-state index < -0.39 is 18.1 Å². The predicted octanol–water partition coefficient (Wildman–Crippen LogP) is 0.993. The first kappa shape index (κ1) is 14.3. The van der Waals surface area contributed by atoms with E-state index in [1.165, 1.54) is 4.90 Å². The van der Waals surface area contributed by atoms with E-state index in [4.69, 9.17) is 15.6 Å². The van der Waals surface area contributed by atoms with Crippen LogP contribution in [-0.4, -0.2) is 35.7 Å². The molecule has 0 aliphatic carbocycles. The molecular formula is C14H18N2O4. The number of carbonyl (C=O) groups is 2. The van der Waals surface area contributed by atoms with Crippen molar-refractivity contribution in [3.05, 3.63) is 24.3 Å². The number of ether oxygens (including phenoxy) is 1. The second-order valence-electron chi connectivity index (χ2n) is 4.76. The minimum Gasteiger partial charge on any atom is -0.478 e. The van der Waals surface area contributed by atoms with Gasteiger partial charge in [0.15, 0.2) is 0 Å². The molecule has 2 atom stereocenters. The number of fused-ring (bicyclic) bond motifs is 1. The van der Waals surface area contributed by atoms with Crippen molar-refractivity contribution < 1.29 is 19.4 Å². The monoisotopic (exact) mass is 278 g/mol. The number of hydrogen-bond acceptors (Lipinski definition) is 4. The third-order valence-corrected chi connectivity index (χ3v) is 3.23. The second-order valence-corrected chi connectivity index (χ2v) is 4.76. The Morgan fingerprint density at radius 1 is 1.50 bits per heavy atom. The van der Waals surface area contributed by atoms with Crippen LogP contribution >= 0.6 is 0 Å². The van der Waals surface area contributed by atoms with Crippen LogP contribution in [0.5, 0.6) is 5.75 Å². The SMILES string of the molecule is CCC[C@H](N)C(=O)N1CC(C(=O)O)Oc2ccccc21. The molecule has 2 rings (SSSR count). The largest absolute Gasteiger partial charge is 0.478 e. The fourth-order valence-electron chi connectivity index (χ4n) is 2.21. The van der Waals surface area contributed by atoms with Gasteiger partial charge in [-0.05, 0) is 18.6 Å². The van der Waals surface area contributed by atoms with Crippen LogP contribution < -0.4 is 15.4 Å². The van der Waals surface area contributed by atoms with Crippen LogP contribution in [0.3, 0.4) is 0 Å². The molecule has 0 bridgehead atoms. The molecule has 1 unspecified atom stereocenters. The Balaban J connectivity index is 2.31. The molecule has 0 radical (unpaired) electrons. The number of aliphatic carboxylic acids is 1. The Labute approximate surface area is 117 Å². The van der Waals surface area contributed by atoms with Crippen LogP contribution in [0, 0.1) is 0 Å². The van der Waals surface area contributed by atoms with Gasteiger partial charge < -0.3 is 20.5 Å². The summed E-state index contributed by atoms with van der Waals surface area (Å²) >= 11 is 0. The Morgan fingerprint density at radius 3 is 2.85 bits per heavy atom. The standard InChI is InChI=1S/C14H18N2O4/c1-2-5-9(15)13(17)16-8-12(14(18)19)20-11-7-4-3-6-10(11)16/h3-4,6-7,9,12H,2,5,8,15H2,1H3,(H,18,19)/t9-,12?/m0/s1. The molecule has 20 heavy (non-hydrogen) atoms. The summed E-state index contributed by atoms with van der Waals surface area (Å²) in [6.07, 6.45) is 0.292. The van der Waals surface area contributed by atoms with Crippen LogP contribution in [-0.2, 0) is 9.59 Å². The van der Waals surface area contributed by atoms with E-state index >= 15 is 0 Å². The molecular weight excluding hydrogens is 260 g/mol. The number of benzene rings is 1. The van der Waals surface area contributed by atoms with E-state index in [0.717, 1.165) is 6.42 Å². The van der Waals surface area contributed by atoms with Crippen LogP contribution in [0.25, 0.3) is 0 Å². The van der Waals surface area contributed by atoms with Gasteiger partial charge in [0.2, 0.25) is 12.0 Å². The Bertz CT molecular complexity index is 518. The molecule has 108 valence electrons. The lowest BCUT2D eigenvalue weighted by molar-refractivity contribution is -0.145. The van der Waals surface area contributed by atoms with Crippen molar-refractivity contribution in [1.82, 2.24) is 0 Å². The quantitative estimate of drug-likeness (QED) is 0.856. The number of carboxylic acids is 1. The molecule has 0 saturated carbocycles. The van der Waals surface area contributed by atoms with E-state index in [1.54, 1.807) is 24.3 Å². The summed E-state index contributed by atoms with van der Waals surface area (Å²) in [5.74, 6) is -0.974. The number of hydrogen-bond donors (Lipinski definition) is 2. The molecule has 1 aromatic rings. The molecule has 6 heteroatoms. The van der Waals surface area contributed by atoms with E-state index in [-0.39, 0.29) is 12.5 Å². The van der Waals surface area contributed by atoms with Gasteiger partial charge in [0.05, 0.1) is 18.3 Å². The number of carbonyl (C=O) groups excluding carboxylic acids is 1. The second kappa shape index (κ2) is 5.92. The number of nitrogens with zero attached hydrogens (tertiary/aromatic N) is 1. The van der Waals surface area contributed by atoms with Gasteiger partial charge in [-0.2, -0.15) is 0 Å². The van der Waals surface area contributed by atoms with Crippen molar-refractivity contribution >= 4 is 17.6 Å². The summed E-state index contributed by atoms with van der Waals surface area (Å²) in [5, 5.41) is 9.11. The number of nitrogens with two attached hydrogens (primary N) is 1. The maximum atomic E-state index is 12.4. The first-order valence-corrected chi connectivity index (χ1v) is 6.60. The van der Waals surface area contributed by atoms with Gasteiger partial charge in [-0.15, -0.1) is 0 Å². The Morgan fingerprint density at radius 2 is 2.20 bits per heavy atom. The highest BCUT2D eigenvalue weighted by Crippen LogP contribution is 2.33. The molecule has 0 spiro atoms. The van der Waals surface area contributed by atoms with Crippen molar-refractivity contribution in [3.63, 3.8) is 0 Å². The fraction of sp³-hybridized carbons (Fsp3) is 0.429. The van der Waals surface area contributed by atoms with Crippen LogP contribution in [0.2, 0.25) is 0 Å². The summed E-state index contributed by atoms with van der Waals surface area (Å²) in [6.45, 7) is 1.92. The van der Waals surface area contributed by atoms with Crippen molar-refractivity contribution in [2.45, 2.75) is 31.9 Å². The minimum atomic E-state index is -1.10. The van der Waals surface area contributed by atoms with Gasteiger partial charge in [0.1, 0.15) is 5.75 Å². The smallest absolute Gasteiger partial charge is 0.346 e. The molecule has 1 heterocycles. The highest BCUT2D eigenvalue weighted by atomic mass is 16.5. The van der Waals surface area contributed by atoms with E-state index in [9.17, 15) is 9.59 Å². The van der Waals surface area contributed by atoms with Crippen molar-refractivity contribution in [2.75, 3.05) is 11.4 Å². The van der Waals surface area contributed by atoms with Gasteiger partial charge in [0.25, 0.3) is 0 Å². The molecule has 0 aromatic heterocycles. The molecule has 6 nitrogen and oxygen atoms in total. The number of anilines is 1. The van der Waals surface area contributed by atoms with Gasteiger partial charge >= 0.3 is 5.97 Å². The zero-order valence-electron chi connectivity index (χ0n) is 11.3. The highest BCUT2D eigenvalue weighted by molar-refractivity contribution is 5.99. The topological polar surface area (TPSA) is 92.9 Å². The zero-order valence-corrected chi connectivity index (χ0v) is 11.3. The molecule has 1 aliphatic rings. The third kappa shape index (κ3) is 2.75. The molecule has 1 amide bonds. The van der Waals surface area contributed by atoms with Crippen molar-refractivity contribution in [3.8, 4) is 5.75 Å². The molecule has 3 N–H and O–H groups in total. The van der Waals surface area contributed by atoms with Gasteiger partial charge in [-0.1, -0.05) is 25.5 Å². The lowest BCUT2D eigenvalue weighted by atomic mass is 10.1. The number of amides is 1. The average molecular weight is 278 g/mol. The summed E-state index contributed by atoms with van der Waals surface area (Å²) in [5.41, 5.74) is 6.43. The molecule has 0 fully saturated rings. The van der Waals surface area contributed by atoms with E-state index in [0.29, 0.717) is 17.9 Å². The van der Waals surface area contributed by atoms with Crippen LogP contribution in [0.4, 0.5) is 5.69 Å². The molecule has 1 aromatic carbocycles. The van der Waals surface area contributed by atoms with E-state index in [2.05, 4.69) is 0 Å². The lowest BCUT2D eigenvalue weighted by Gasteiger charge is -2.34. The van der Waals surface area contributed by atoms with Crippen molar-refractivity contribution in [1.29, 1.82) is 0 Å². The summed E-state index contributed by atoms with van der Waals surface area (Å²) in [6, 6.07) is 6.26. The maximum Gasteiger partial charge on any atom is 0.346 e. The molecule has 0 saturated heterocycles. The first-order valence-electron chi connectivity index (χ1n) is 6.60. The third-order valence-electron chi connectivity index (χ3n) is 3.23. The first-order chi connectivity index (χ1) is 9.54. The highest BCUT2D eigenvalue weighted by Gasteiger charge is 2.35. The summed E-state index contributed by atoms with van der Waals surface area (Å²) in [4.78, 5) is 24.9. The summed E-state index contributed by atoms with van der Waals surface area (Å²) in [7, 11) is 0. The van der Waals surface area contributed by atoms with Crippen LogP contribution in [0.15, 0.2) is 24.3 Å². The van der Waals surface area contributed by atoms with Crippen LogP contribution in [0.1, 0.15) is 19.8 Å². The molecule has 1 aliphatic heterocycles. The zero-order chi connectivity index (χ0) is 14.7. The fourth-order valence-corrected chi connectivity index (χ4v) is 2.21. The normalized spacial score (nSPS) is 18.9. The van der Waals surface area contributed by atoms with Gasteiger partial charge in [-0.3, -0.25) is 4.79 Å². The predicted molar refractivity (Wildman–Crippen MR) is 73.7 cm³/mol. The maximum absolute atomic E-state index is 12.4. The lowest BCUT2D eigenvalue weighted by Crippen LogP contribution is -2.52. The Hall–Kier alpha value is -2.08. The van der Waals surface area contributed by atoms with E-state index in [1.807, 2.05) is 6.92 Å². The van der Waals surface area contributed by atoms with Gasteiger partial charge in [-0.25, -0.2) is 4.79 Å². The minimum absolute atomic E-state index is 0.0252.